The highest BCUT2D eigenvalue weighted by Gasteiger charge is 2.63. The molecule has 2 aromatic carbocycles. The van der Waals surface area contributed by atoms with Crippen molar-refractivity contribution >= 4 is 17.8 Å². The summed E-state index contributed by atoms with van der Waals surface area (Å²) in [4.78, 5) is 42.0. The van der Waals surface area contributed by atoms with Crippen molar-refractivity contribution in [2.24, 2.45) is 17.8 Å². The molecule has 2 bridgehead atoms. The molecule has 1 saturated heterocycles. The SMILES string of the molecule is CCCOC(=O)[C@@H](CC(C)C)N1C(=O)[C@H]2C3c4ccccc4C(c4ccccc43)[C@@H]2C1=O. The molecule has 5 nitrogen and oxygen atoms in total. The van der Waals surface area contributed by atoms with Crippen LogP contribution >= 0.6 is 0 Å². The molecule has 0 radical (unpaired) electrons. The van der Waals surface area contributed by atoms with Crippen LogP contribution in [-0.2, 0) is 19.1 Å². The lowest BCUT2D eigenvalue weighted by Gasteiger charge is -2.45. The number of likely N-dealkylation sites (tertiary alicyclic amines) is 1. The minimum Gasteiger partial charge on any atom is -0.464 e. The standard InChI is InChI=1S/C27H29NO4/c1-4-13-32-27(31)20(14-15(2)3)28-25(29)23-21-16-9-5-6-10-17(16)22(24(23)26(28)30)19-12-8-7-11-18(19)21/h5-12,15,20-24H,4,13-14H2,1-3H3/t20-,21?,22?,23+,24+/m1/s1. The van der Waals surface area contributed by atoms with Crippen molar-refractivity contribution in [2.75, 3.05) is 6.61 Å². The van der Waals surface area contributed by atoms with Crippen LogP contribution in [0.4, 0.5) is 0 Å². The van der Waals surface area contributed by atoms with Gasteiger partial charge in [-0.2, -0.15) is 0 Å². The summed E-state index contributed by atoms with van der Waals surface area (Å²) in [7, 11) is 0. The predicted octanol–water partition coefficient (Wildman–Crippen LogP) is 4.25. The molecule has 0 spiro atoms. The lowest BCUT2D eigenvalue weighted by molar-refractivity contribution is -0.159. The van der Waals surface area contributed by atoms with Gasteiger partial charge in [-0.1, -0.05) is 69.3 Å². The van der Waals surface area contributed by atoms with Crippen molar-refractivity contribution < 1.29 is 19.1 Å². The highest BCUT2D eigenvalue weighted by molar-refractivity contribution is 6.10. The summed E-state index contributed by atoms with van der Waals surface area (Å²) < 4.78 is 5.42. The van der Waals surface area contributed by atoms with E-state index in [1.54, 1.807) is 0 Å². The zero-order valence-corrected chi connectivity index (χ0v) is 18.8. The monoisotopic (exact) mass is 431 g/mol. The molecule has 0 unspecified atom stereocenters. The van der Waals surface area contributed by atoms with E-state index in [1.807, 2.05) is 45.0 Å². The molecule has 166 valence electrons. The Balaban J connectivity index is 1.60. The topological polar surface area (TPSA) is 63.7 Å². The van der Waals surface area contributed by atoms with E-state index < -0.39 is 23.8 Å². The Morgan fingerprint density at radius 3 is 1.69 bits per heavy atom. The maximum absolute atomic E-state index is 13.9. The Kier molecular flexibility index (Phi) is 5.15. The van der Waals surface area contributed by atoms with E-state index in [2.05, 4.69) is 24.3 Å². The maximum Gasteiger partial charge on any atom is 0.329 e. The second kappa shape index (κ2) is 7.88. The second-order valence-electron chi connectivity index (χ2n) is 9.62. The van der Waals surface area contributed by atoms with Crippen molar-refractivity contribution in [2.45, 2.75) is 51.5 Å². The Hall–Kier alpha value is -2.95. The van der Waals surface area contributed by atoms with Crippen LogP contribution in [0.2, 0.25) is 0 Å². The van der Waals surface area contributed by atoms with E-state index in [9.17, 15) is 14.4 Å². The molecule has 6 rings (SSSR count). The van der Waals surface area contributed by atoms with Gasteiger partial charge in [0.25, 0.3) is 0 Å². The first-order chi connectivity index (χ1) is 15.5. The molecule has 1 heterocycles. The van der Waals surface area contributed by atoms with Gasteiger partial charge in [-0.05, 0) is 41.0 Å². The molecule has 3 atom stereocenters. The van der Waals surface area contributed by atoms with Gasteiger partial charge in [0.2, 0.25) is 11.8 Å². The van der Waals surface area contributed by atoms with Crippen LogP contribution in [0.1, 0.15) is 67.7 Å². The number of carbonyl (C=O) groups excluding carboxylic acids is 3. The minimum atomic E-state index is -0.863. The van der Waals surface area contributed by atoms with Gasteiger partial charge in [0.05, 0.1) is 18.4 Å². The molecular weight excluding hydrogens is 402 g/mol. The van der Waals surface area contributed by atoms with Gasteiger partial charge in [0.1, 0.15) is 6.04 Å². The minimum absolute atomic E-state index is 0.142. The third kappa shape index (κ3) is 2.94. The first-order valence-electron chi connectivity index (χ1n) is 11.7. The quantitative estimate of drug-likeness (QED) is 0.507. The molecule has 32 heavy (non-hydrogen) atoms. The zero-order chi connectivity index (χ0) is 22.6. The number of amides is 2. The van der Waals surface area contributed by atoms with E-state index in [4.69, 9.17) is 4.74 Å². The number of rotatable bonds is 6. The van der Waals surface area contributed by atoms with Gasteiger partial charge in [-0.3, -0.25) is 14.5 Å². The summed E-state index contributed by atoms with van der Waals surface area (Å²) in [6, 6.07) is 15.5. The number of hydrogen-bond donors (Lipinski definition) is 0. The number of hydrogen-bond acceptors (Lipinski definition) is 4. The molecule has 0 saturated carbocycles. The normalized spacial score (nSPS) is 26.1. The van der Waals surface area contributed by atoms with Gasteiger partial charge < -0.3 is 4.74 Å². The molecule has 1 fully saturated rings. The molecule has 3 aliphatic carbocycles. The van der Waals surface area contributed by atoms with E-state index in [1.165, 1.54) is 4.90 Å². The van der Waals surface area contributed by atoms with Crippen molar-refractivity contribution in [3.05, 3.63) is 70.8 Å². The maximum atomic E-state index is 13.9. The highest BCUT2D eigenvalue weighted by atomic mass is 16.5. The average Bonchev–Trinajstić information content (AvgIpc) is 3.06. The van der Waals surface area contributed by atoms with Gasteiger partial charge in [0, 0.05) is 11.8 Å². The van der Waals surface area contributed by atoms with E-state index in [0.29, 0.717) is 19.4 Å². The van der Waals surface area contributed by atoms with Crippen molar-refractivity contribution in [1.29, 1.82) is 0 Å². The molecule has 0 aromatic heterocycles. The first kappa shape index (κ1) is 20.9. The lowest BCUT2D eigenvalue weighted by atomic mass is 9.55. The van der Waals surface area contributed by atoms with Crippen LogP contribution in [0.25, 0.3) is 0 Å². The average molecular weight is 432 g/mol. The molecule has 5 heteroatoms. The molecule has 2 aromatic rings. The number of ether oxygens (including phenoxy) is 1. The van der Waals surface area contributed by atoms with Crippen LogP contribution in [0, 0.1) is 17.8 Å². The van der Waals surface area contributed by atoms with Gasteiger partial charge >= 0.3 is 5.97 Å². The molecule has 2 amide bonds. The van der Waals surface area contributed by atoms with Crippen LogP contribution in [0.5, 0.6) is 0 Å². The fourth-order valence-corrected chi connectivity index (χ4v) is 6.06. The number of nitrogens with zero attached hydrogens (tertiary/aromatic N) is 1. The Morgan fingerprint density at radius 2 is 1.31 bits per heavy atom. The lowest BCUT2D eigenvalue weighted by Crippen LogP contribution is -2.47. The Bertz CT molecular complexity index is 975. The van der Waals surface area contributed by atoms with Gasteiger partial charge in [-0.25, -0.2) is 4.79 Å². The molecule has 1 aliphatic heterocycles. The van der Waals surface area contributed by atoms with Gasteiger partial charge in [0.15, 0.2) is 0 Å². The van der Waals surface area contributed by atoms with Crippen LogP contribution < -0.4 is 0 Å². The third-order valence-electron chi connectivity index (χ3n) is 7.21. The fraction of sp³-hybridized carbons (Fsp3) is 0.444. The number of imide groups is 1. The fourth-order valence-electron chi connectivity index (χ4n) is 6.06. The summed E-state index contributed by atoms with van der Waals surface area (Å²) >= 11 is 0. The summed E-state index contributed by atoms with van der Waals surface area (Å²) in [5, 5.41) is 0. The van der Waals surface area contributed by atoms with E-state index >= 15 is 0 Å². The Morgan fingerprint density at radius 1 is 0.875 bits per heavy atom. The van der Waals surface area contributed by atoms with E-state index in [-0.39, 0.29) is 29.6 Å². The first-order valence-corrected chi connectivity index (χ1v) is 11.7. The summed E-state index contributed by atoms with van der Waals surface area (Å²) in [5.41, 5.74) is 4.53. The molecular formula is C27H29NO4. The summed E-state index contributed by atoms with van der Waals surface area (Å²) in [6.07, 6.45) is 1.11. The van der Waals surface area contributed by atoms with Crippen molar-refractivity contribution in [1.82, 2.24) is 4.90 Å². The number of benzene rings is 2. The molecule has 0 N–H and O–H groups in total. The van der Waals surface area contributed by atoms with Crippen molar-refractivity contribution in [3.63, 3.8) is 0 Å². The van der Waals surface area contributed by atoms with Crippen LogP contribution in [0.3, 0.4) is 0 Å². The van der Waals surface area contributed by atoms with Crippen molar-refractivity contribution in [3.8, 4) is 0 Å². The van der Waals surface area contributed by atoms with Crippen LogP contribution in [-0.4, -0.2) is 35.3 Å². The zero-order valence-electron chi connectivity index (χ0n) is 18.8. The predicted molar refractivity (Wildman–Crippen MR) is 120 cm³/mol. The van der Waals surface area contributed by atoms with Gasteiger partial charge in [-0.15, -0.1) is 0 Å². The van der Waals surface area contributed by atoms with E-state index in [0.717, 1.165) is 22.3 Å². The summed E-state index contributed by atoms with van der Waals surface area (Å²) in [5.74, 6) is -2.03. The number of carbonyl (C=O) groups is 3. The second-order valence-corrected chi connectivity index (χ2v) is 9.62. The smallest absolute Gasteiger partial charge is 0.329 e. The largest absolute Gasteiger partial charge is 0.464 e. The number of esters is 1. The van der Waals surface area contributed by atoms with Crippen LogP contribution in [0.15, 0.2) is 48.5 Å². The summed E-state index contributed by atoms with van der Waals surface area (Å²) in [6.45, 7) is 6.21. The highest BCUT2D eigenvalue weighted by Crippen LogP contribution is 2.61. The third-order valence-corrected chi connectivity index (χ3v) is 7.21. The Labute approximate surface area is 188 Å². The molecule has 4 aliphatic rings.